The molecule has 0 spiro atoms. The molecule has 0 saturated heterocycles. The summed E-state index contributed by atoms with van der Waals surface area (Å²) in [4.78, 5) is 4.08. The number of halogens is 1. The van der Waals surface area contributed by atoms with Crippen LogP contribution in [-0.4, -0.2) is 11.5 Å². The second-order valence-corrected chi connectivity index (χ2v) is 3.21. The Labute approximate surface area is 74.5 Å². The molecular formula is C8H9BrN2. The molecule has 0 fully saturated rings. The molecular weight excluding hydrogens is 204 g/mol. The molecule has 0 bridgehead atoms. The van der Waals surface area contributed by atoms with E-state index in [1.54, 1.807) is 6.20 Å². The molecule has 0 radical (unpaired) electrons. The van der Waals surface area contributed by atoms with E-state index in [1.807, 2.05) is 18.2 Å². The Morgan fingerprint density at radius 1 is 1.64 bits per heavy atom. The standard InChI is InChI=1S/C8H9BrN2/c1-7(9)6-11-8-4-2-3-5-10-8/h2-5H,1,6H2,(H,10,11). The van der Waals surface area contributed by atoms with E-state index in [2.05, 4.69) is 32.8 Å². The molecule has 1 N–H and O–H groups in total. The van der Waals surface area contributed by atoms with Crippen molar-refractivity contribution in [3.05, 3.63) is 35.5 Å². The molecule has 0 amide bonds. The first-order valence-electron chi connectivity index (χ1n) is 3.27. The van der Waals surface area contributed by atoms with Crippen LogP contribution in [0.5, 0.6) is 0 Å². The van der Waals surface area contributed by atoms with Gasteiger partial charge in [0.1, 0.15) is 5.82 Å². The second kappa shape index (κ2) is 4.13. The monoisotopic (exact) mass is 212 g/mol. The summed E-state index contributed by atoms with van der Waals surface area (Å²) >= 11 is 3.25. The molecule has 0 aromatic carbocycles. The van der Waals surface area contributed by atoms with Gasteiger partial charge in [0, 0.05) is 17.2 Å². The Morgan fingerprint density at radius 2 is 2.45 bits per heavy atom. The zero-order valence-corrected chi connectivity index (χ0v) is 7.63. The minimum Gasteiger partial charge on any atom is -0.365 e. The second-order valence-electron chi connectivity index (χ2n) is 2.09. The first-order valence-corrected chi connectivity index (χ1v) is 4.06. The fraction of sp³-hybridized carbons (Fsp3) is 0.125. The van der Waals surface area contributed by atoms with Crippen molar-refractivity contribution >= 4 is 21.7 Å². The smallest absolute Gasteiger partial charge is 0.126 e. The summed E-state index contributed by atoms with van der Waals surface area (Å²) in [6.07, 6.45) is 1.75. The first kappa shape index (κ1) is 8.27. The quantitative estimate of drug-likeness (QED) is 0.833. The Bertz CT molecular complexity index is 233. The van der Waals surface area contributed by atoms with Crippen LogP contribution in [0.15, 0.2) is 35.5 Å². The van der Waals surface area contributed by atoms with Gasteiger partial charge in [0.25, 0.3) is 0 Å². The SMILES string of the molecule is C=C(Br)CNc1ccccn1. The largest absolute Gasteiger partial charge is 0.365 e. The van der Waals surface area contributed by atoms with Gasteiger partial charge in [-0.1, -0.05) is 28.6 Å². The summed E-state index contributed by atoms with van der Waals surface area (Å²) in [5.74, 6) is 0.869. The summed E-state index contributed by atoms with van der Waals surface area (Å²) in [6, 6.07) is 5.73. The Balaban J connectivity index is 2.45. The van der Waals surface area contributed by atoms with Gasteiger partial charge < -0.3 is 5.32 Å². The molecule has 0 unspecified atom stereocenters. The van der Waals surface area contributed by atoms with Crippen LogP contribution in [0.1, 0.15) is 0 Å². The average Bonchev–Trinajstić information content (AvgIpc) is 2.03. The van der Waals surface area contributed by atoms with Gasteiger partial charge in [-0.15, -0.1) is 0 Å². The molecule has 0 atom stereocenters. The van der Waals surface area contributed by atoms with E-state index in [0.29, 0.717) is 6.54 Å². The van der Waals surface area contributed by atoms with Crippen molar-refractivity contribution in [2.75, 3.05) is 11.9 Å². The Morgan fingerprint density at radius 3 is 3.00 bits per heavy atom. The maximum absolute atomic E-state index is 4.08. The van der Waals surface area contributed by atoms with Crippen molar-refractivity contribution in [2.45, 2.75) is 0 Å². The van der Waals surface area contributed by atoms with E-state index in [-0.39, 0.29) is 0 Å². The molecule has 0 aliphatic carbocycles. The van der Waals surface area contributed by atoms with E-state index in [1.165, 1.54) is 0 Å². The zero-order valence-electron chi connectivity index (χ0n) is 6.05. The minimum atomic E-state index is 0.705. The highest BCUT2D eigenvalue weighted by Crippen LogP contribution is 2.04. The lowest BCUT2D eigenvalue weighted by molar-refractivity contribution is 1.22. The summed E-state index contributed by atoms with van der Waals surface area (Å²) < 4.78 is 0.920. The number of hydrogen-bond acceptors (Lipinski definition) is 2. The Kier molecular flexibility index (Phi) is 3.11. The average molecular weight is 213 g/mol. The fourth-order valence-corrected chi connectivity index (χ4v) is 0.794. The minimum absolute atomic E-state index is 0.705. The number of pyridine rings is 1. The van der Waals surface area contributed by atoms with Crippen molar-refractivity contribution in [1.82, 2.24) is 4.98 Å². The maximum Gasteiger partial charge on any atom is 0.126 e. The van der Waals surface area contributed by atoms with Crippen LogP contribution in [0.25, 0.3) is 0 Å². The highest BCUT2D eigenvalue weighted by molar-refractivity contribution is 9.11. The third-order valence-corrected chi connectivity index (χ3v) is 1.41. The van der Waals surface area contributed by atoms with Gasteiger partial charge in [-0.05, 0) is 12.1 Å². The zero-order chi connectivity index (χ0) is 8.10. The molecule has 58 valence electrons. The third kappa shape index (κ3) is 3.18. The fourth-order valence-electron chi connectivity index (χ4n) is 0.654. The van der Waals surface area contributed by atoms with E-state index < -0.39 is 0 Å². The molecule has 0 aliphatic rings. The number of nitrogens with zero attached hydrogens (tertiary/aromatic N) is 1. The lowest BCUT2D eigenvalue weighted by atomic mass is 10.4. The van der Waals surface area contributed by atoms with Gasteiger partial charge >= 0.3 is 0 Å². The normalized spacial score (nSPS) is 9.18. The van der Waals surface area contributed by atoms with E-state index in [0.717, 1.165) is 10.3 Å². The highest BCUT2D eigenvalue weighted by Gasteiger charge is 1.89. The predicted octanol–water partition coefficient (Wildman–Crippen LogP) is 2.40. The van der Waals surface area contributed by atoms with Crippen LogP contribution in [0, 0.1) is 0 Å². The number of nitrogens with one attached hydrogen (secondary N) is 1. The van der Waals surface area contributed by atoms with Crippen LogP contribution in [-0.2, 0) is 0 Å². The van der Waals surface area contributed by atoms with Crippen LogP contribution in [0.2, 0.25) is 0 Å². The van der Waals surface area contributed by atoms with Gasteiger partial charge in [-0.3, -0.25) is 0 Å². The number of anilines is 1. The van der Waals surface area contributed by atoms with Crippen LogP contribution < -0.4 is 5.32 Å². The van der Waals surface area contributed by atoms with Crippen LogP contribution in [0.3, 0.4) is 0 Å². The highest BCUT2D eigenvalue weighted by atomic mass is 79.9. The molecule has 3 heteroatoms. The van der Waals surface area contributed by atoms with Gasteiger partial charge in [-0.25, -0.2) is 4.98 Å². The Hall–Kier alpha value is -0.830. The van der Waals surface area contributed by atoms with Crippen LogP contribution >= 0.6 is 15.9 Å². The van der Waals surface area contributed by atoms with E-state index in [4.69, 9.17) is 0 Å². The summed E-state index contributed by atoms with van der Waals surface area (Å²) in [5.41, 5.74) is 0. The van der Waals surface area contributed by atoms with Crippen molar-refractivity contribution in [3.8, 4) is 0 Å². The van der Waals surface area contributed by atoms with Gasteiger partial charge in [0.2, 0.25) is 0 Å². The summed E-state index contributed by atoms with van der Waals surface area (Å²) in [7, 11) is 0. The molecule has 1 rings (SSSR count). The number of aromatic nitrogens is 1. The van der Waals surface area contributed by atoms with Gasteiger partial charge in [0.15, 0.2) is 0 Å². The number of rotatable bonds is 3. The van der Waals surface area contributed by atoms with Crippen molar-refractivity contribution in [2.24, 2.45) is 0 Å². The van der Waals surface area contributed by atoms with Gasteiger partial charge in [0.05, 0.1) is 0 Å². The van der Waals surface area contributed by atoms with E-state index in [9.17, 15) is 0 Å². The summed E-state index contributed by atoms with van der Waals surface area (Å²) in [5, 5.41) is 3.09. The molecule has 1 aromatic heterocycles. The van der Waals surface area contributed by atoms with Crippen molar-refractivity contribution in [3.63, 3.8) is 0 Å². The topological polar surface area (TPSA) is 24.9 Å². The van der Waals surface area contributed by atoms with E-state index >= 15 is 0 Å². The predicted molar refractivity (Wildman–Crippen MR) is 50.8 cm³/mol. The van der Waals surface area contributed by atoms with Crippen molar-refractivity contribution in [1.29, 1.82) is 0 Å². The molecule has 11 heavy (non-hydrogen) atoms. The molecule has 0 saturated carbocycles. The van der Waals surface area contributed by atoms with Gasteiger partial charge in [-0.2, -0.15) is 0 Å². The summed E-state index contributed by atoms with van der Waals surface area (Å²) in [6.45, 7) is 4.40. The molecule has 1 heterocycles. The lowest BCUT2D eigenvalue weighted by Gasteiger charge is -2.01. The number of hydrogen-bond donors (Lipinski definition) is 1. The first-order chi connectivity index (χ1) is 5.29. The molecule has 1 aromatic rings. The molecule has 2 nitrogen and oxygen atoms in total. The molecule has 0 aliphatic heterocycles. The van der Waals surface area contributed by atoms with Crippen LogP contribution in [0.4, 0.5) is 5.82 Å². The third-order valence-electron chi connectivity index (χ3n) is 1.13. The van der Waals surface area contributed by atoms with Crippen molar-refractivity contribution < 1.29 is 0 Å². The maximum atomic E-state index is 4.08. The lowest BCUT2D eigenvalue weighted by Crippen LogP contribution is -2.01.